The molecule has 4 aromatic rings. The first-order valence-corrected chi connectivity index (χ1v) is 9.54. The van der Waals surface area contributed by atoms with Crippen LogP contribution in [-0.4, -0.2) is 31.9 Å². The summed E-state index contributed by atoms with van der Waals surface area (Å²) in [6.45, 7) is 0. The van der Waals surface area contributed by atoms with Crippen LogP contribution < -0.4 is 5.32 Å². The molecule has 0 aliphatic carbocycles. The summed E-state index contributed by atoms with van der Waals surface area (Å²) in [5.41, 5.74) is 1.72. The number of aromatic nitrogens is 4. The van der Waals surface area contributed by atoms with Crippen LogP contribution >= 0.6 is 11.8 Å². The smallest absolute Gasteiger partial charge is 0.225 e. The molecule has 134 valence electrons. The number of nitrogens with zero attached hydrogens (tertiary/aromatic N) is 4. The molecule has 0 unspecified atom stereocenters. The number of amides is 1. The highest BCUT2D eigenvalue weighted by Crippen LogP contribution is 2.24. The molecule has 0 saturated heterocycles. The maximum Gasteiger partial charge on any atom is 0.225 e. The van der Waals surface area contributed by atoms with E-state index in [9.17, 15) is 4.79 Å². The van der Waals surface area contributed by atoms with Crippen molar-refractivity contribution in [2.45, 2.75) is 11.6 Å². The van der Waals surface area contributed by atoms with E-state index in [0.717, 1.165) is 22.1 Å². The summed E-state index contributed by atoms with van der Waals surface area (Å²) in [5, 5.41) is 17.6. The zero-order valence-corrected chi connectivity index (χ0v) is 15.3. The summed E-state index contributed by atoms with van der Waals surface area (Å²) in [4.78, 5) is 12.4. The van der Waals surface area contributed by atoms with E-state index in [1.54, 1.807) is 4.68 Å². The first-order valence-electron chi connectivity index (χ1n) is 8.55. The summed E-state index contributed by atoms with van der Waals surface area (Å²) in [7, 11) is 0. The Bertz CT molecular complexity index is 1060. The topological polar surface area (TPSA) is 72.7 Å². The fourth-order valence-electron chi connectivity index (χ4n) is 2.78. The Morgan fingerprint density at radius 2 is 1.74 bits per heavy atom. The zero-order valence-electron chi connectivity index (χ0n) is 14.4. The Labute approximate surface area is 160 Å². The van der Waals surface area contributed by atoms with Crippen LogP contribution in [0.5, 0.6) is 0 Å². The molecule has 1 aromatic heterocycles. The lowest BCUT2D eigenvalue weighted by molar-refractivity contribution is -0.115. The third kappa shape index (κ3) is 3.98. The fourth-order valence-corrected chi connectivity index (χ4v) is 3.61. The second kappa shape index (κ2) is 8.01. The minimum atomic E-state index is -0.0300. The number of rotatable bonds is 6. The van der Waals surface area contributed by atoms with Crippen LogP contribution in [0.4, 0.5) is 5.69 Å². The molecule has 1 heterocycles. The maximum absolute atomic E-state index is 12.4. The van der Waals surface area contributed by atoms with Crippen LogP contribution in [0, 0.1) is 0 Å². The van der Waals surface area contributed by atoms with Crippen molar-refractivity contribution in [1.29, 1.82) is 0 Å². The highest BCUT2D eigenvalue weighted by atomic mass is 32.2. The molecule has 0 spiro atoms. The lowest BCUT2D eigenvalue weighted by Gasteiger charge is -2.08. The van der Waals surface area contributed by atoms with Gasteiger partial charge in [-0.3, -0.25) is 4.79 Å². The molecule has 1 N–H and O–H groups in total. The molecule has 0 radical (unpaired) electrons. The Morgan fingerprint density at radius 3 is 2.63 bits per heavy atom. The quantitative estimate of drug-likeness (QED) is 0.517. The van der Waals surface area contributed by atoms with Gasteiger partial charge in [-0.05, 0) is 34.0 Å². The molecule has 0 saturated carbocycles. The van der Waals surface area contributed by atoms with E-state index in [4.69, 9.17) is 0 Å². The van der Waals surface area contributed by atoms with Crippen molar-refractivity contribution in [3.8, 4) is 5.69 Å². The number of para-hydroxylation sites is 1. The largest absolute Gasteiger partial charge is 0.325 e. The highest BCUT2D eigenvalue weighted by molar-refractivity contribution is 7.99. The molecule has 0 bridgehead atoms. The standard InChI is InChI=1S/C20H17N5OS/c26-19(21-18-12-6-8-15-7-4-5-11-17(15)18)13-14-27-20-22-23-24-25(20)16-9-2-1-3-10-16/h1-12H,13-14H2,(H,21,26). The first-order chi connectivity index (χ1) is 13.3. The van der Waals surface area contributed by atoms with Gasteiger partial charge in [0.1, 0.15) is 0 Å². The molecule has 0 fully saturated rings. The molecule has 27 heavy (non-hydrogen) atoms. The van der Waals surface area contributed by atoms with Gasteiger partial charge in [-0.15, -0.1) is 5.10 Å². The number of benzene rings is 3. The molecule has 3 aromatic carbocycles. The second-order valence-corrected chi connectivity index (χ2v) is 6.94. The van der Waals surface area contributed by atoms with Crippen LogP contribution in [0.25, 0.3) is 16.5 Å². The summed E-state index contributed by atoms with van der Waals surface area (Å²) in [6.07, 6.45) is 0.371. The van der Waals surface area contributed by atoms with Crippen molar-refractivity contribution in [1.82, 2.24) is 20.2 Å². The van der Waals surface area contributed by atoms with E-state index in [1.165, 1.54) is 11.8 Å². The number of carbonyl (C=O) groups excluding carboxylic acids is 1. The second-order valence-electron chi connectivity index (χ2n) is 5.88. The van der Waals surface area contributed by atoms with Gasteiger partial charge >= 0.3 is 0 Å². The molecule has 4 rings (SSSR count). The minimum absolute atomic E-state index is 0.0300. The normalized spacial score (nSPS) is 10.8. The molecule has 0 aliphatic rings. The number of thioether (sulfide) groups is 1. The SMILES string of the molecule is O=C(CCSc1nnnn1-c1ccccc1)Nc1cccc2ccccc12. The van der Waals surface area contributed by atoms with Crippen molar-refractivity contribution in [2.75, 3.05) is 11.1 Å². The lowest BCUT2D eigenvalue weighted by Crippen LogP contribution is -2.12. The van der Waals surface area contributed by atoms with Crippen LogP contribution in [-0.2, 0) is 4.79 Å². The summed E-state index contributed by atoms with van der Waals surface area (Å²) < 4.78 is 1.67. The van der Waals surface area contributed by atoms with Gasteiger partial charge in [0.25, 0.3) is 0 Å². The van der Waals surface area contributed by atoms with Crippen molar-refractivity contribution >= 4 is 34.1 Å². The van der Waals surface area contributed by atoms with Gasteiger partial charge in [-0.2, -0.15) is 4.68 Å². The summed E-state index contributed by atoms with van der Waals surface area (Å²) >= 11 is 1.46. The van der Waals surface area contributed by atoms with Crippen molar-refractivity contribution in [3.05, 3.63) is 72.8 Å². The van der Waals surface area contributed by atoms with Crippen LogP contribution in [0.3, 0.4) is 0 Å². The number of carbonyl (C=O) groups is 1. The third-order valence-corrected chi connectivity index (χ3v) is 4.99. The number of fused-ring (bicyclic) bond motifs is 1. The number of hydrogen-bond acceptors (Lipinski definition) is 5. The molecule has 6 nitrogen and oxygen atoms in total. The predicted octanol–water partition coefficient (Wildman–Crippen LogP) is 3.94. The van der Waals surface area contributed by atoms with E-state index in [-0.39, 0.29) is 5.91 Å². The molecule has 7 heteroatoms. The predicted molar refractivity (Wildman–Crippen MR) is 107 cm³/mol. The monoisotopic (exact) mass is 375 g/mol. The van der Waals surface area contributed by atoms with Crippen molar-refractivity contribution in [3.63, 3.8) is 0 Å². The van der Waals surface area contributed by atoms with Crippen LogP contribution in [0.2, 0.25) is 0 Å². The summed E-state index contributed by atoms with van der Waals surface area (Å²) in [6, 6.07) is 23.6. The van der Waals surface area contributed by atoms with E-state index in [0.29, 0.717) is 17.3 Å². The number of nitrogens with one attached hydrogen (secondary N) is 1. The van der Waals surface area contributed by atoms with E-state index in [2.05, 4.69) is 20.8 Å². The third-order valence-electron chi connectivity index (χ3n) is 4.07. The van der Waals surface area contributed by atoms with Crippen molar-refractivity contribution < 1.29 is 4.79 Å². The van der Waals surface area contributed by atoms with Crippen molar-refractivity contribution in [2.24, 2.45) is 0 Å². The average molecular weight is 375 g/mol. The minimum Gasteiger partial charge on any atom is -0.325 e. The fraction of sp³-hybridized carbons (Fsp3) is 0.100. The molecule has 0 atom stereocenters. The van der Waals surface area contributed by atoms with Gasteiger partial charge in [-0.1, -0.05) is 66.4 Å². The van der Waals surface area contributed by atoms with Gasteiger partial charge in [0, 0.05) is 23.2 Å². The number of tetrazole rings is 1. The molecule has 0 aliphatic heterocycles. The molecule has 1 amide bonds. The first kappa shape index (κ1) is 17.2. The van der Waals surface area contributed by atoms with E-state index >= 15 is 0 Å². The Kier molecular flexibility index (Phi) is 5.11. The number of hydrogen-bond donors (Lipinski definition) is 1. The maximum atomic E-state index is 12.4. The van der Waals surface area contributed by atoms with E-state index in [1.807, 2.05) is 72.8 Å². The lowest BCUT2D eigenvalue weighted by atomic mass is 10.1. The van der Waals surface area contributed by atoms with Gasteiger partial charge in [-0.25, -0.2) is 0 Å². The Hall–Kier alpha value is -3.19. The van der Waals surface area contributed by atoms with Crippen LogP contribution in [0.1, 0.15) is 6.42 Å². The zero-order chi connectivity index (χ0) is 18.5. The van der Waals surface area contributed by atoms with Gasteiger partial charge in [0.2, 0.25) is 11.1 Å². The number of anilines is 1. The van der Waals surface area contributed by atoms with Gasteiger partial charge in [0.05, 0.1) is 5.69 Å². The molecular weight excluding hydrogens is 358 g/mol. The molecular formula is C20H17N5OS. The van der Waals surface area contributed by atoms with Crippen LogP contribution in [0.15, 0.2) is 78.0 Å². The Morgan fingerprint density at radius 1 is 0.963 bits per heavy atom. The Balaban J connectivity index is 1.37. The van der Waals surface area contributed by atoms with Gasteiger partial charge < -0.3 is 5.32 Å². The average Bonchev–Trinajstić information content (AvgIpc) is 3.17. The van der Waals surface area contributed by atoms with E-state index < -0.39 is 0 Å². The summed E-state index contributed by atoms with van der Waals surface area (Å²) in [5.74, 6) is 0.557. The highest BCUT2D eigenvalue weighted by Gasteiger charge is 2.11. The van der Waals surface area contributed by atoms with Gasteiger partial charge in [0.15, 0.2) is 0 Å².